The van der Waals surface area contributed by atoms with Crippen LogP contribution < -0.4 is 0 Å². The van der Waals surface area contributed by atoms with Gasteiger partial charge in [-0.1, -0.05) is 78.9 Å². The molecule has 4 aromatic rings. The molecular formula is C20H16O. The third-order valence-corrected chi connectivity index (χ3v) is 3.39. The molecular weight excluding hydrogens is 256 g/mol. The average molecular weight is 272 g/mol. The minimum Gasteiger partial charge on any atom is -0.508 e. The van der Waals surface area contributed by atoms with E-state index < -0.39 is 0 Å². The number of phenols is 1. The lowest BCUT2D eigenvalue weighted by atomic mass is 10.1. The number of rotatable bonds is 0. The molecule has 4 aromatic carbocycles. The molecule has 0 amide bonds. The summed E-state index contributed by atoms with van der Waals surface area (Å²) in [5.41, 5.74) is 0. The van der Waals surface area contributed by atoms with Crippen LogP contribution in [0.4, 0.5) is 0 Å². The molecule has 0 aromatic heterocycles. The van der Waals surface area contributed by atoms with Gasteiger partial charge >= 0.3 is 0 Å². The van der Waals surface area contributed by atoms with E-state index >= 15 is 0 Å². The second-order valence-electron chi connectivity index (χ2n) is 4.88. The van der Waals surface area contributed by atoms with Crippen LogP contribution in [-0.2, 0) is 0 Å². The fourth-order valence-corrected chi connectivity index (χ4v) is 2.31. The molecule has 4 rings (SSSR count). The Kier molecular flexibility index (Phi) is 3.83. The molecule has 1 N–H and O–H groups in total. The molecule has 0 fully saturated rings. The SMILES string of the molecule is Oc1ccc2ccccc2c1.c1ccc2ccccc2c1. The number of hydrogen-bond acceptors (Lipinski definition) is 1. The summed E-state index contributed by atoms with van der Waals surface area (Å²) in [6.07, 6.45) is 0. The lowest BCUT2D eigenvalue weighted by Gasteiger charge is -1.96. The van der Waals surface area contributed by atoms with E-state index in [4.69, 9.17) is 5.11 Å². The molecule has 0 unspecified atom stereocenters. The van der Waals surface area contributed by atoms with Crippen molar-refractivity contribution in [2.45, 2.75) is 0 Å². The van der Waals surface area contributed by atoms with E-state index in [1.54, 1.807) is 12.1 Å². The minimum absolute atomic E-state index is 0.323. The van der Waals surface area contributed by atoms with Gasteiger partial charge in [-0.3, -0.25) is 0 Å². The summed E-state index contributed by atoms with van der Waals surface area (Å²) in [6.45, 7) is 0. The Morgan fingerprint density at radius 2 is 0.810 bits per heavy atom. The van der Waals surface area contributed by atoms with Gasteiger partial charge < -0.3 is 5.11 Å². The monoisotopic (exact) mass is 272 g/mol. The van der Waals surface area contributed by atoms with Gasteiger partial charge in [0.05, 0.1) is 0 Å². The molecule has 0 saturated heterocycles. The zero-order valence-electron chi connectivity index (χ0n) is 11.6. The lowest BCUT2D eigenvalue weighted by molar-refractivity contribution is 0.476. The van der Waals surface area contributed by atoms with Crippen LogP contribution in [0.3, 0.4) is 0 Å². The summed E-state index contributed by atoms with van der Waals surface area (Å²) < 4.78 is 0. The Labute approximate surface area is 124 Å². The Morgan fingerprint density at radius 3 is 1.29 bits per heavy atom. The molecule has 0 atom stereocenters. The van der Waals surface area contributed by atoms with E-state index in [0.717, 1.165) is 10.8 Å². The highest BCUT2D eigenvalue weighted by molar-refractivity contribution is 5.83. The normalized spacial score (nSPS) is 10.1. The minimum atomic E-state index is 0.323. The second kappa shape index (κ2) is 6.10. The summed E-state index contributed by atoms with van der Waals surface area (Å²) in [5, 5.41) is 14.0. The standard InChI is InChI=1S/C10H8O.C10H8/c11-10-6-5-8-3-1-2-4-9(8)7-10;1-2-6-10-8-4-3-7-9(10)5-1/h1-7,11H;1-8H. The van der Waals surface area contributed by atoms with Crippen LogP contribution in [0.5, 0.6) is 5.75 Å². The van der Waals surface area contributed by atoms with Crippen LogP contribution in [0.25, 0.3) is 21.5 Å². The first-order valence-electron chi connectivity index (χ1n) is 6.94. The number of phenolic OH excluding ortho intramolecular Hbond substituents is 1. The molecule has 102 valence electrons. The molecule has 0 heterocycles. The van der Waals surface area contributed by atoms with Crippen molar-refractivity contribution in [2.24, 2.45) is 0 Å². The van der Waals surface area contributed by atoms with Crippen molar-refractivity contribution in [2.75, 3.05) is 0 Å². The highest BCUT2D eigenvalue weighted by Crippen LogP contribution is 2.18. The van der Waals surface area contributed by atoms with E-state index in [1.165, 1.54) is 10.8 Å². The van der Waals surface area contributed by atoms with Crippen LogP contribution in [0.1, 0.15) is 0 Å². The molecule has 0 aliphatic rings. The summed E-state index contributed by atoms with van der Waals surface area (Å²) in [7, 11) is 0. The quantitative estimate of drug-likeness (QED) is 0.455. The fourth-order valence-electron chi connectivity index (χ4n) is 2.31. The van der Waals surface area contributed by atoms with Crippen LogP contribution in [0.15, 0.2) is 91.0 Å². The number of aromatic hydroxyl groups is 1. The number of hydrogen-bond donors (Lipinski definition) is 1. The summed E-state index contributed by atoms with van der Waals surface area (Å²) in [4.78, 5) is 0. The van der Waals surface area contributed by atoms with Crippen LogP contribution >= 0.6 is 0 Å². The van der Waals surface area contributed by atoms with E-state index in [-0.39, 0.29) is 0 Å². The lowest BCUT2D eigenvalue weighted by Crippen LogP contribution is -1.69. The smallest absolute Gasteiger partial charge is 0.116 e. The molecule has 0 aliphatic carbocycles. The van der Waals surface area contributed by atoms with E-state index in [9.17, 15) is 0 Å². The maximum absolute atomic E-state index is 9.13. The van der Waals surface area contributed by atoms with Crippen LogP contribution in [0, 0.1) is 0 Å². The van der Waals surface area contributed by atoms with Gasteiger partial charge in [0.2, 0.25) is 0 Å². The van der Waals surface area contributed by atoms with Gasteiger partial charge in [0.15, 0.2) is 0 Å². The van der Waals surface area contributed by atoms with Gasteiger partial charge in [-0.2, -0.15) is 0 Å². The van der Waals surface area contributed by atoms with Crippen molar-refractivity contribution in [3.05, 3.63) is 91.0 Å². The second-order valence-corrected chi connectivity index (χ2v) is 4.88. The largest absolute Gasteiger partial charge is 0.508 e. The first-order valence-corrected chi connectivity index (χ1v) is 6.94. The first-order chi connectivity index (χ1) is 10.3. The molecule has 0 saturated carbocycles. The van der Waals surface area contributed by atoms with Gasteiger partial charge in [0.1, 0.15) is 5.75 Å². The predicted molar refractivity (Wildman–Crippen MR) is 89.6 cm³/mol. The predicted octanol–water partition coefficient (Wildman–Crippen LogP) is 5.39. The Hall–Kier alpha value is -2.80. The zero-order chi connectivity index (χ0) is 14.5. The maximum atomic E-state index is 9.13. The molecule has 1 heteroatoms. The Balaban J connectivity index is 0.000000126. The topological polar surface area (TPSA) is 20.2 Å². The first kappa shape index (κ1) is 13.2. The molecule has 0 bridgehead atoms. The molecule has 0 spiro atoms. The van der Waals surface area contributed by atoms with Gasteiger partial charge in [0, 0.05) is 0 Å². The van der Waals surface area contributed by atoms with E-state index in [2.05, 4.69) is 48.5 Å². The highest BCUT2D eigenvalue weighted by atomic mass is 16.3. The fraction of sp³-hybridized carbons (Fsp3) is 0. The third kappa shape index (κ3) is 3.21. The number of benzene rings is 4. The van der Waals surface area contributed by atoms with Crippen molar-refractivity contribution in [1.29, 1.82) is 0 Å². The van der Waals surface area contributed by atoms with Gasteiger partial charge in [-0.25, -0.2) is 0 Å². The van der Waals surface area contributed by atoms with Crippen LogP contribution in [0.2, 0.25) is 0 Å². The summed E-state index contributed by atoms with van der Waals surface area (Å²) in [6, 6.07) is 30.0. The van der Waals surface area contributed by atoms with Crippen molar-refractivity contribution < 1.29 is 5.11 Å². The van der Waals surface area contributed by atoms with Crippen molar-refractivity contribution >= 4 is 21.5 Å². The summed E-state index contributed by atoms with van der Waals surface area (Å²) >= 11 is 0. The van der Waals surface area contributed by atoms with Gasteiger partial charge in [-0.15, -0.1) is 0 Å². The zero-order valence-corrected chi connectivity index (χ0v) is 11.6. The van der Waals surface area contributed by atoms with Gasteiger partial charge in [-0.05, 0) is 33.7 Å². The third-order valence-electron chi connectivity index (χ3n) is 3.39. The average Bonchev–Trinajstić information content (AvgIpc) is 2.55. The Bertz CT molecular complexity index is 800. The Morgan fingerprint density at radius 1 is 0.429 bits per heavy atom. The van der Waals surface area contributed by atoms with Crippen LogP contribution in [-0.4, -0.2) is 5.11 Å². The summed E-state index contributed by atoms with van der Waals surface area (Å²) in [5.74, 6) is 0.323. The van der Waals surface area contributed by atoms with E-state index in [1.807, 2.05) is 30.3 Å². The highest BCUT2D eigenvalue weighted by Gasteiger charge is 1.91. The molecule has 21 heavy (non-hydrogen) atoms. The van der Waals surface area contributed by atoms with Crippen molar-refractivity contribution in [3.63, 3.8) is 0 Å². The van der Waals surface area contributed by atoms with E-state index in [0.29, 0.717) is 5.75 Å². The molecule has 0 aliphatic heterocycles. The van der Waals surface area contributed by atoms with Crippen molar-refractivity contribution in [1.82, 2.24) is 0 Å². The van der Waals surface area contributed by atoms with Gasteiger partial charge in [0.25, 0.3) is 0 Å². The molecule has 0 radical (unpaired) electrons. The molecule has 1 nitrogen and oxygen atoms in total. The van der Waals surface area contributed by atoms with Crippen molar-refractivity contribution in [3.8, 4) is 5.75 Å². The number of fused-ring (bicyclic) bond motifs is 2. The maximum Gasteiger partial charge on any atom is 0.116 e.